The van der Waals surface area contributed by atoms with Crippen LogP contribution in [0, 0.1) is 10.8 Å². The van der Waals surface area contributed by atoms with E-state index in [0.29, 0.717) is 0 Å². The van der Waals surface area contributed by atoms with Crippen LogP contribution in [0.3, 0.4) is 0 Å². The monoisotopic (exact) mass is 298 g/mol. The molecule has 21 heavy (non-hydrogen) atoms. The van der Waals surface area contributed by atoms with Crippen LogP contribution in [0.4, 0.5) is 0 Å². The number of methoxy groups -OCH3 is 1. The van der Waals surface area contributed by atoms with Gasteiger partial charge in [0.15, 0.2) is 0 Å². The smallest absolute Gasteiger partial charge is 0.331 e. The molecule has 0 fully saturated rings. The number of carbonyl (C=O) groups excluding carboxylic acids is 2. The van der Waals surface area contributed by atoms with E-state index >= 15 is 0 Å². The second kappa shape index (κ2) is 7.10. The molecule has 122 valence electrons. The molecule has 0 radical (unpaired) electrons. The van der Waals surface area contributed by atoms with Crippen LogP contribution >= 0.6 is 0 Å². The van der Waals surface area contributed by atoms with E-state index in [2.05, 4.69) is 39.4 Å². The Bertz CT molecular complexity index is 398. The van der Waals surface area contributed by atoms with Gasteiger partial charge in [-0.1, -0.05) is 34.6 Å². The molecule has 4 heteroatoms. The van der Waals surface area contributed by atoms with Gasteiger partial charge in [0.1, 0.15) is 5.60 Å². The summed E-state index contributed by atoms with van der Waals surface area (Å²) in [4.78, 5) is 22.7. The van der Waals surface area contributed by atoms with E-state index in [0.717, 1.165) is 25.0 Å². The van der Waals surface area contributed by atoms with Crippen LogP contribution in [0.5, 0.6) is 0 Å². The largest absolute Gasteiger partial charge is 0.466 e. The van der Waals surface area contributed by atoms with Crippen molar-refractivity contribution in [3.8, 4) is 0 Å². The Balaban J connectivity index is 4.65. The first-order chi connectivity index (χ1) is 9.26. The summed E-state index contributed by atoms with van der Waals surface area (Å²) in [6.45, 7) is 14.7. The van der Waals surface area contributed by atoms with Crippen LogP contribution in [0.15, 0.2) is 12.2 Å². The second-order valence-corrected chi connectivity index (χ2v) is 8.12. The Morgan fingerprint density at radius 1 is 0.857 bits per heavy atom. The standard InChI is InChI=1S/C17H30O4/c1-15(2,3)11-16(4,5)12-17(6,7)21-14(19)10-9-13(18)20-8/h9-10H,11-12H2,1-8H3/b10-9+. The second-order valence-electron chi connectivity index (χ2n) is 8.12. The maximum absolute atomic E-state index is 11.7. The maximum Gasteiger partial charge on any atom is 0.331 e. The number of hydrogen-bond donors (Lipinski definition) is 0. The number of carbonyl (C=O) groups is 2. The molecule has 0 N–H and O–H groups in total. The lowest BCUT2D eigenvalue weighted by molar-refractivity contribution is -0.153. The van der Waals surface area contributed by atoms with Crippen LogP contribution in [0.25, 0.3) is 0 Å². The molecule has 0 saturated heterocycles. The van der Waals surface area contributed by atoms with E-state index in [9.17, 15) is 9.59 Å². The van der Waals surface area contributed by atoms with Crippen LogP contribution in [0.2, 0.25) is 0 Å². The minimum Gasteiger partial charge on any atom is -0.466 e. The zero-order chi connectivity index (χ0) is 16.9. The number of rotatable bonds is 6. The van der Waals surface area contributed by atoms with Crippen LogP contribution in [-0.2, 0) is 19.1 Å². The molecule has 0 bridgehead atoms. The summed E-state index contributed by atoms with van der Waals surface area (Å²) in [5, 5.41) is 0. The first-order valence-corrected chi connectivity index (χ1v) is 7.25. The van der Waals surface area contributed by atoms with Gasteiger partial charge in [-0.25, -0.2) is 9.59 Å². The number of esters is 2. The predicted octanol–water partition coefficient (Wildman–Crippen LogP) is 3.89. The molecule has 0 spiro atoms. The fourth-order valence-electron chi connectivity index (χ4n) is 3.20. The summed E-state index contributed by atoms with van der Waals surface area (Å²) in [7, 11) is 1.26. The first kappa shape index (κ1) is 19.7. The Hall–Kier alpha value is -1.32. The van der Waals surface area contributed by atoms with Crippen LogP contribution < -0.4 is 0 Å². The van der Waals surface area contributed by atoms with Crippen molar-refractivity contribution in [2.24, 2.45) is 10.8 Å². The zero-order valence-corrected chi connectivity index (χ0v) is 14.7. The summed E-state index contributed by atoms with van der Waals surface area (Å²) >= 11 is 0. The lowest BCUT2D eigenvalue weighted by Crippen LogP contribution is -2.35. The average molecular weight is 298 g/mol. The summed E-state index contributed by atoms with van der Waals surface area (Å²) in [5.41, 5.74) is -0.325. The molecule has 0 aromatic heterocycles. The summed E-state index contributed by atoms with van der Waals surface area (Å²) in [6.07, 6.45) is 3.94. The van der Waals surface area contributed by atoms with Gasteiger partial charge in [-0.2, -0.15) is 0 Å². The molecule has 0 atom stereocenters. The average Bonchev–Trinajstić information content (AvgIpc) is 2.19. The summed E-state index contributed by atoms with van der Waals surface area (Å²) in [6, 6.07) is 0. The highest BCUT2D eigenvalue weighted by Crippen LogP contribution is 2.39. The third-order valence-corrected chi connectivity index (χ3v) is 2.85. The molecule has 0 aliphatic carbocycles. The minimum atomic E-state index is -0.591. The topological polar surface area (TPSA) is 52.6 Å². The lowest BCUT2D eigenvalue weighted by atomic mass is 9.71. The molecule has 0 rings (SSSR count). The van der Waals surface area contributed by atoms with Crippen LogP contribution in [0.1, 0.15) is 61.3 Å². The quantitative estimate of drug-likeness (QED) is 0.551. The van der Waals surface area contributed by atoms with Gasteiger partial charge < -0.3 is 9.47 Å². The molecule has 0 amide bonds. The molecular weight excluding hydrogens is 268 g/mol. The molecule has 0 heterocycles. The summed E-state index contributed by atoms with van der Waals surface area (Å²) in [5.74, 6) is -1.10. The fourth-order valence-corrected chi connectivity index (χ4v) is 3.20. The van der Waals surface area contributed by atoms with Crippen molar-refractivity contribution < 1.29 is 19.1 Å². The van der Waals surface area contributed by atoms with Crippen molar-refractivity contribution in [1.82, 2.24) is 0 Å². The SMILES string of the molecule is COC(=O)/C=C/C(=O)OC(C)(C)CC(C)(C)CC(C)(C)C. The van der Waals surface area contributed by atoms with Gasteiger partial charge in [-0.15, -0.1) is 0 Å². The highest BCUT2D eigenvalue weighted by Gasteiger charge is 2.34. The molecule has 0 unspecified atom stereocenters. The number of ether oxygens (including phenoxy) is 2. The van der Waals surface area contributed by atoms with Crippen molar-refractivity contribution in [2.45, 2.75) is 66.9 Å². The van der Waals surface area contributed by atoms with Gasteiger partial charge in [-0.3, -0.25) is 0 Å². The third-order valence-electron chi connectivity index (χ3n) is 2.85. The van der Waals surface area contributed by atoms with Crippen molar-refractivity contribution in [3.05, 3.63) is 12.2 Å². The van der Waals surface area contributed by atoms with E-state index in [-0.39, 0.29) is 10.8 Å². The normalized spacial score (nSPS) is 13.3. The lowest BCUT2D eigenvalue weighted by Gasteiger charge is -2.38. The summed E-state index contributed by atoms with van der Waals surface area (Å²) < 4.78 is 9.88. The fraction of sp³-hybridized carbons (Fsp3) is 0.765. The van der Waals surface area contributed by atoms with E-state index < -0.39 is 17.5 Å². The molecule has 0 saturated carbocycles. The van der Waals surface area contributed by atoms with Gasteiger partial charge in [0, 0.05) is 12.2 Å². The Labute approximate surface area is 128 Å². The molecule has 0 aromatic rings. The van der Waals surface area contributed by atoms with Crippen LogP contribution in [-0.4, -0.2) is 24.6 Å². The van der Waals surface area contributed by atoms with Gasteiger partial charge in [-0.05, 0) is 37.5 Å². The van der Waals surface area contributed by atoms with Crippen molar-refractivity contribution in [3.63, 3.8) is 0 Å². The minimum absolute atomic E-state index is 0.0497. The van der Waals surface area contributed by atoms with E-state index in [1.54, 1.807) is 0 Å². The molecule has 0 aliphatic heterocycles. The Morgan fingerprint density at radius 3 is 1.76 bits per heavy atom. The molecule has 4 nitrogen and oxygen atoms in total. The van der Waals surface area contributed by atoms with E-state index in [4.69, 9.17) is 4.74 Å². The van der Waals surface area contributed by atoms with E-state index in [1.165, 1.54) is 7.11 Å². The zero-order valence-electron chi connectivity index (χ0n) is 14.7. The Morgan fingerprint density at radius 2 is 1.33 bits per heavy atom. The highest BCUT2D eigenvalue weighted by molar-refractivity contribution is 5.91. The maximum atomic E-state index is 11.7. The molecular formula is C17H30O4. The first-order valence-electron chi connectivity index (χ1n) is 7.25. The van der Waals surface area contributed by atoms with Gasteiger partial charge >= 0.3 is 11.9 Å². The number of hydrogen-bond acceptors (Lipinski definition) is 4. The van der Waals surface area contributed by atoms with Crippen molar-refractivity contribution in [2.75, 3.05) is 7.11 Å². The highest BCUT2D eigenvalue weighted by atomic mass is 16.6. The van der Waals surface area contributed by atoms with Gasteiger partial charge in [0.2, 0.25) is 0 Å². The predicted molar refractivity (Wildman–Crippen MR) is 83.8 cm³/mol. The molecule has 0 aromatic carbocycles. The third kappa shape index (κ3) is 10.1. The van der Waals surface area contributed by atoms with Gasteiger partial charge in [0.25, 0.3) is 0 Å². The van der Waals surface area contributed by atoms with Crippen molar-refractivity contribution in [1.29, 1.82) is 0 Å². The van der Waals surface area contributed by atoms with Crippen molar-refractivity contribution >= 4 is 11.9 Å². The Kier molecular flexibility index (Phi) is 6.65. The van der Waals surface area contributed by atoms with Gasteiger partial charge in [0.05, 0.1) is 7.11 Å². The van der Waals surface area contributed by atoms with E-state index in [1.807, 2.05) is 13.8 Å². The molecule has 0 aliphatic rings.